The van der Waals surface area contributed by atoms with Crippen molar-refractivity contribution in [3.05, 3.63) is 278 Å². The molecule has 0 amide bonds. The summed E-state index contributed by atoms with van der Waals surface area (Å²) in [5.74, 6) is 0.670. The molecule has 0 fully saturated rings. The predicted octanol–water partition coefficient (Wildman–Crippen LogP) is 19.0. The zero-order chi connectivity index (χ0) is 51.2. The predicted molar refractivity (Wildman–Crippen MR) is 321 cm³/mol. The zero-order valence-corrected chi connectivity index (χ0v) is 42.7. The molecule has 362 valence electrons. The van der Waals surface area contributed by atoms with Crippen LogP contribution in [0, 0.1) is 0 Å². The summed E-state index contributed by atoms with van der Waals surface area (Å²) in [6, 6.07) is 96.8. The average molecular weight is 983 g/mol. The Hall–Kier alpha value is -9.90. The third-order valence-electron chi connectivity index (χ3n) is 16.2. The van der Waals surface area contributed by atoms with Gasteiger partial charge in [0.15, 0.2) is 5.82 Å². The van der Waals surface area contributed by atoms with Crippen LogP contribution in [0.2, 0.25) is 0 Å². The van der Waals surface area contributed by atoms with Gasteiger partial charge < -0.3 is 9.13 Å². The quantitative estimate of drug-likeness (QED) is 0.152. The van der Waals surface area contributed by atoms with E-state index >= 15 is 0 Å². The second kappa shape index (κ2) is 17.6. The van der Waals surface area contributed by atoms with E-state index in [0.717, 1.165) is 55.9 Å². The first-order chi connectivity index (χ1) is 37.9. The first-order valence-electron chi connectivity index (χ1n) is 26.5. The van der Waals surface area contributed by atoms with Crippen molar-refractivity contribution in [2.45, 2.75) is 19.3 Å². The molecule has 15 rings (SSSR count). The Kier molecular flexibility index (Phi) is 10.2. The molecule has 0 spiro atoms. The van der Waals surface area contributed by atoms with Gasteiger partial charge in [0.25, 0.3) is 0 Å². The minimum atomic E-state index is -0.0999. The molecule has 1 aliphatic carbocycles. The number of rotatable bonds is 8. The Morgan fingerprint density at radius 1 is 0.273 bits per heavy atom. The smallest absolute Gasteiger partial charge is 0.160 e. The van der Waals surface area contributed by atoms with Crippen molar-refractivity contribution in [2.75, 3.05) is 0 Å². The van der Waals surface area contributed by atoms with Crippen molar-refractivity contribution >= 4 is 43.6 Å². The molecule has 14 aromatic rings. The van der Waals surface area contributed by atoms with Gasteiger partial charge in [0.05, 0.1) is 33.5 Å². The van der Waals surface area contributed by atoms with Gasteiger partial charge >= 0.3 is 0 Å². The number of nitrogens with zero attached hydrogens (tertiary/aromatic N) is 4. The molecule has 0 saturated heterocycles. The third-order valence-corrected chi connectivity index (χ3v) is 16.2. The largest absolute Gasteiger partial charge is 0.309 e. The molecule has 0 radical (unpaired) electrons. The second-order valence-electron chi connectivity index (χ2n) is 21.0. The molecule has 4 heteroatoms. The maximum absolute atomic E-state index is 5.33. The molecule has 77 heavy (non-hydrogen) atoms. The van der Waals surface area contributed by atoms with E-state index in [2.05, 4.69) is 290 Å². The summed E-state index contributed by atoms with van der Waals surface area (Å²) in [6.07, 6.45) is 0. The van der Waals surface area contributed by atoms with Crippen LogP contribution in [0.3, 0.4) is 0 Å². The lowest BCUT2D eigenvalue weighted by molar-refractivity contribution is 0.660. The van der Waals surface area contributed by atoms with E-state index in [1.54, 1.807) is 0 Å². The Balaban J connectivity index is 0.831. The van der Waals surface area contributed by atoms with Crippen molar-refractivity contribution < 1.29 is 0 Å². The van der Waals surface area contributed by atoms with Crippen LogP contribution in [-0.2, 0) is 5.41 Å². The summed E-state index contributed by atoms with van der Waals surface area (Å²) in [7, 11) is 0. The van der Waals surface area contributed by atoms with E-state index in [0.29, 0.717) is 5.82 Å². The maximum atomic E-state index is 5.33. The third kappa shape index (κ3) is 7.36. The van der Waals surface area contributed by atoms with Crippen LogP contribution in [0.5, 0.6) is 0 Å². The van der Waals surface area contributed by atoms with Gasteiger partial charge in [-0.05, 0) is 116 Å². The van der Waals surface area contributed by atoms with Crippen LogP contribution in [0.1, 0.15) is 25.0 Å². The molecule has 0 N–H and O–H groups in total. The summed E-state index contributed by atoms with van der Waals surface area (Å²) < 4.78 is 4.86. The van der Waals surface area contributed by atoms with E-state index in [4.69, 9.17) is 9.97 Å². The first-order valence-corrected chi connectivity index (χ1v) is 26.5. The second-order valence-corrected chi connectivity index (χ2v) is 21.0. The van der Waals surface area contributed by atoms with Crippen molar-refractivity contribution in [3.8, 4) is 89.8 Å². The SMILES string of the molecule is CC1(C)c2ccccc2-c2ccc(-n3c4ccccc4c4ccc(-c5ccc6c(c5)c5ccccc5n6-c5cccc(-c6nc(-c7ccc(-c8ccccc8)cc7)cc(-c7ccc(-c8ccccc8)cc7)n6)c5)cc43)cc21. The normalized spacial score (nSPS) is 12.6. The molecular formula is C73H50N4. The summed E-state index contributed by atoms with van der Waals surface area (Å²) in [4.78, 5) is 10.7. The van der Waals surface area contributed by atoms with Gasteiger partial charge in [0.2, 0.25) is 0 Å². The fourth-order valence-electron chi connectivity index (χ4n) is 12.3. The van der Waals surface area contributed by atoms with Crippen LogP contribution in [-0.4, -0.2) is 19.1 Å². The average Bonchev–Trinajstić information content (AvgIpc) is 4.33. The van der Waals surface area contributed by atoms with Crippen LogP contribution in [0.4, 0.5) is 0 Å². The van der Waals surface area contributed by atoms with E-state index in [1.165, 1.54) is 82.8 Å². The zero-order valence-electron chi connectivity index (χ0n) is 42.7. The monoisotopic (exact) mass is 982 g/mol. The van der Waals surface area contributed by atoms with E-state index in [1.807, 2.05) is 0 Å². The number of hydrogen-bond donors (Lipinski definition) is 0. The molecule has 0 atom stereocenters. The van der Waals surface area contributed by atoms with Crippen LogP contribution in [0.15, 0.2) is 267 Å². The summed E-state index contributed by atoms with van der Waals surface area (Å²) >= 11 is 0. The molecule has 0 aliphatic heterocycles. The molecular weight excluding hydrogens is 933 g/mol. The van der Waals surface area contributed by atoms with Gasteiger partial charge in [-0.2, -0.15) is 0 Å². The molecule has 0 saturated carbocycles. The van der Waals surface area contributed by atoms with Gasteiger partial charge in [-0.25, -0.2) is 9.97 Å². The molecule has 11 aromatic carbocycles. The summed E-state index contributed by atoms with van der Waals surface area (Å²) in [5, 5.41) is 4.89. The van der Waals surface area contributed by atoms with Crippen molar-refractivity contribution in [2.24, 2.45) is 0 Å². The van der Waals surface area contributed by atoms with Gasteiger partial charge in [0.1, 0.15) is 0 Å². The standard InChI is InChI=1S/C73H50N4/c1-73(2)64-25-12-9-22-58(64)59-40-38-57(45-65(59)73)77-68-26-13-10-23-60(68)62-39-36-54(44-71(62)77)53-37-41-70-63(43-53)61-24-11-14-27-69(61)76(70)56-21-15-20-55(42-56)72-74-66(51-32-28-49(29-33-51)47-16-5-3-6-17-47)46-67(75-72)52-34-30-50(31-35-52)48-18-7-4-8-19-48/h3-46H,1-2H3. The summed E-state index contributed by atoms with van der Waals surface area (Å²) in [6.45, 7) is 4.72. The number of hydrogen-bond acceptors (Lipinski definition) is 2. The minimum Gasteiger partial charge on any atom is -0.309 e. The van der Waals surface area contributed by atoms with Crippen molar-refractivity contribution in [1.82, 2.24) is 19.1 Å². The van der Waals surface area contributed by atoms with E-state index in [-0.39, 0.29) is 5.41 Å². The lowest BCUT2D eigenvalue weighted by Gasteiger charge is -2.22. The number of benzene rings is 11. The van der Waals surface area contributed by atoms with Gasteiger partial charge in [-0.15, -0.1) is 0 Å². The lowest BCUT2D eigenvalue weighted by atomic mass is 9.82. The van der Waals surface area contributed by atoms with Gasteiger partial charge in [0, 0.05) is 55.0 Å². The molecule has 0 bridgehead atoms. The Bertz CT molecular complexity index is 4520. The Labute approximate surface area is 447 Å². The fourth-order valence-corrected chi connectivity index (χ4v) is 12.3. The summed E-state index contributed by atoms with van der Waals surface area (Å²) in [5.41, 5.74) is 24.0. The Morgan fingerprint density at radius 3 is 1.42 bits per heavy atom. The highest BCUT2D eigenvalue weighted by Gasteiger charge is 2.35. The van der Waals surface area contributed by atoms with E-state index in [9.17, 15) is 0 Å². The molecule has 1 aliphatic rings. The highest BCUT2D eigenvalue weighted by molar-refractivity contribution is 6.12. The highest BCUT2D eigenvalue weighted by atomic mass is 15.0. The minimum absolute atomic E-state index is 0.0999. The fraction of sp³-hybridized carbons (Fsp3) is 0.0411. The number of para-hydroxylation sites is 2. The molecule has 4 nitrogen and oxygen atoms in total. The highest BCUT2D eigenvalue weighted by Crippen LogP contribution is 2.50. The maximum Gasteiger partial charge on any atom is 0.160 e. The van der Waals surface area contributed by atoms with E-state index < -0.39 is 0 Å². The topological polar surface area (TPSA) is 35.6 Å². The number of fused-ring (bicyclic) bond motifs is 9. The lowest BCUT2D eigenvalue weighted by Crippen LogP contribution is -2.15. The molecule has 3 aromatic heterocycles. The molecule has 3 heterocycles. The van der Waals surface area contributed by atoms with Crippen molar-refractivity contribution in [1.29, 1.82) is 0 Å². The Morgan fingerprint density at radius 2 is 0.740 bits per heavy atom. The van der Waals surface area contributed by atoms with Crippen molar-refractivity contribution in [3.63, 3.8) is 0 Å². The van der Waals surface area contributed by atoms with Crippen LogP contribution >= 0.6 is 0 Å². The van der Waals surface area contributed by atoms with Gasteiger partial charge in [-0.3, -0.25) is 0 Å². The van der Waals surface area contributed by atoms with Crippen LogP contribution < -0.4 is 0 Å². The number of aromatic nitrogens is 4. The van der Waals surface area contributed by atoms with Gasteiger partial charge in [-0.1, -0.05) is 220 Å². The first kappa shape index (κ1) is 44.6. The van der Waals surface area contributed by atoms with Crippen LogP contribution in [0.25, 0.3) is 133 Å². The molecule has 0 unspecified atom stereocenters.